The molecule has 0 aromatic heterocycles. The van der Waals surface area contributed by atoms with Gasteiger partial charge in [0, 0.05) is 10.6 Å². The number of hydrogen-bond donors (Lipinski definition) is 0. The van der Waals surface area contributed by atoms with E-state index in [-0.39, 0.29) is 0 Å². The van der Waals surface area contributed by atoms with Gasteiger partial charge >= 0.3 is 6.18 Å². The van der Waals surface area contributed by atoms with Crippen molar-refractivity contribution in [1.82, 2.24) is 0 Å². The minimum atomic E-state index is -4.37. The summed E-state index contributed by atoms with van der Waals surface area (Å²) in [7, 11) is -1.67. The largest absolute Gasteiger partial charge is 0.416 e. The summed E-state index contributed by atoms with van der Waals surface area (Å²) in [6, 6.07) is 11.8. The lowest BCUT2D eigenvalue weighted by atomic mass is 10.1. The Balaban J connectivity index is 2.49. The maximum Gasteiger partial charge on any atom is 0.416 e. The molecule has 0 radical (unpaired) electrons. The molecule has 0 heterocycles. The molecule has 2 aromatic carbocycles. The van der Waals surface area contributed by atoms with Crippen molar-refractivity contribution in [2.45, 2.75) is 25.8 Å². The summed E-state index contributed by atoms with van der Waals surface area (Å²) < 4.78 is 38.2. The predicted molar refractivity (Wildman–Crippen MR) is 100 cm³/mol. The van der Waals surface area contributed by atoms with Gasteiger partial charge in [0.1, 0.15) is 13.8 Å². The Hall–Kier alpha value is -2.03. The van der Waals surface area contributed by atoms with Crippen LogP contribution in [-0.4, -0.2) is 13.8 Å². The standard InChI is InChI=1S/C19H17ClF3NSi/c1-25(2,3)12-11-18(24-17-6-4-5-16(20)13-17)14-7-9-15(10-8-14)19(21,22)23/h4-10,13H,1-3H3. The zero-order valence-electron chi connectivity index (χ0n) is 14.1. The van der Waals surface area contributed by atoms with E-state index in [0.29, 0.717) is 22.0 Å². The van der Waals surface area contributed by atoms with E-state index in [0.717, 1.165) is 12.1 Å². The molecular weight excluding hydrogens is 363 g/mol. The molecule has 0 aliphatic heterocycles. The van der Waals surface area contributed by atoms with Crippen LogP contribution in [0, 0.1) is 11.5 Å². The third kappa shape index (κ3) is 6.08. The first-order valence-electron chi connectivity index (χ1n) is 7.60. The summed E-state index contributed by atoms with van der Waals surface area (Å²) in [6.45, 7) is 6.26. The van der Waals surface area contributed by atoms with Gasteiger partial charge in [0.2, 0.25) is 0 Å². The predicted octanol–water partition coefficient (Wildman–Crippen LogP) is 6.36. The first-order valence-corrected chi connectivity index (χ1v) is 11.5. The molecule has 1 nitrogen and oxygen atoms in total. The lowest BCUT2D eigenvalue weighted by molar-refractivity contribution is -0.137. The summed E-state index contributed by atoms with van der Waals surface area (Å²) in [4.78, 5) is 4.48. The van der Waals surface area contributed by atoms with Gasteiger partial charge in [0.15, 0.2) is 0 Å². The van der Waals surface area contributed by atoms with E-state index in [1.165, 1.54) is 12.1 Å². The van der Waals surface area contributed by atoms with Crippen LogP contribution >= 0.6 is 11.6 Å². The fourth-order valence-electron chi connectivity index (χ4n) is 1.90. The van der Waals surface area contributed by atoms with Crippen molar-refractivity contribution in [3.8, 4) is 11.5 Å². The number of alkyl halides is 3. The molecule has 2 aromatic rings. The van der Waals surface area contributed by atoms with Crippen molar-refractivity contribution in [2.75, 3.05) is 0 Å². The molecule has 25 heavy (non-hydrogen) atoms. The summed E-state index contributed by atoms with van der Waals surface area (Å²) in [5.74, 6) is 3.04. The van der Waals surface area contributed by atoms with E-state index in [2.05, 4.69) is 36.1 Å². The Labute approximate surface area is 151 Å². The van der Waals surface area contributed by atoms with Crippen LogP contribution in [0.2, 0.25) is 24.7 Å². The van der Waals surface area contributed by atoms with E-state index in [9.17, 15) is 13.2 Å². The number of nitrogens with zero attached hydrogens (tertiary/aromatic N) is 1. The minimum absolute atomic E-state index is 0.429. The maximum atomic E-state index is 12.7. The highest BCUT2D eigenvalue weighted by molar-refractivity contribution is 6.84. The Kier molecular flexibility index (Phi) is 5.76. The van der Waals surface area contributed by atoms with Crippen LogP contribution in [0.1, 0.15) is 11.1 Å². The molecule has 0 spiro atoms. The molecular formula is C19H17ClF3NSi. The highest BCUT2D eigenvalue weighted by Crippen LogP contribution is 2.29. The summed E-state index contributed by atoms with van der Waals surface area (Å²) in [6.07, 6.45) is -4.37. The molecule has 0 amide bonds. The van der Waals surface area contributed by atoms with Gasteiger partial charge in [0.25, 0.3) is 0 Å². The highest BCUT2D eigenvalue weighted by atomic mass is 35.5. The van der Waals surface area contributed by atoms with Gasteiger partial charge in [-0.05, 0) is 30.3 Å². The van der Waals surface area contributed by atoms with Crippen LogP contribution < -0.4 is 0 Å². The number of benzene rings is 2. The molecule has 0 saturated heterocycles. The summed E-state index contributed by atoms with van der Waals surface area (Å²) in [5.41, 5.74) is 4.08. The van der Waals surface area contributed by atoms with Gasteiger partial charge < -0.3 is 0 Å². The lowest BCUT2D eigenvalue weighted by Crippen LogP contribution is -2.17. The molecule has 0 aliphatic rings. The number of hydrogen-bond acceptors (Lipinski definition) is 1. The van der Waals surface area contributed by atoms with E-state index in [1.54, 1.807) is 24.3 Å². The van der Waals surface area contributed by atoms with Gasteiger partial charge in [-0.15, -0.1) is 5.54 Å². The second-order valence-corrected chi connectivity index (χ2v) is 11.7. The highest BCUT2D eigenvalue weighted by Gasteiger charge is 2.30. The average Bonchev–Trinajstić information content (AvgIpc) is 2.50. The molecule has 0 N–H and O–H groups in total. The van der Waals surface area contributed by atoms with Gasteiger partial charge in [-0.2, -0.15) is 13.2 Å². The van der Waals surface area contributed by atoms with Crippen molar-refractivity contribution < 1.29 is 13.2 Å². The summed E-state index contributed by atoms with van der Waals surface area (Å²) in [5, 5.41) is 0.533. The Bertz CT molecular complexity index is 838. The third-order valence-corrected chi connectivity index (χ3v) is 4.20. The Morgan fingerprint density at radius 3 is 2.20 bits per heavy atom. The van der Waals surface area contributed by atoms with Gasteiger partial charge in [-0.3, -0.25) is 0 Å². The molecule has 0 unspecified atom stereocenters. The fourth-order valence-corrected chi connectivity index (χ4v) is 2.58. The van der Waals surface area contributed by atoms with Crippen LogP contribution in [0.25, 0.3) is 0 Å². The van der Waals surface area contributed by atoms with Crippen molar-refractivity contribution in [1.29, 1.82) is 0 Å². The van der Waals surface area contributed by atoms with Gasteiger partial charge in [-0.1, -0.05) is 55.4 Å². The summed E-state index contributed by atoms with van der Waals surface area (Å²) >= 11 is 5.97. The molecule has 2 rings (SSSR count). The second kappa shape index (κ2) is 7.47. The molecule has 130 valence electrons. The monoisotopic (exact) mass is 379 g/mol. The van der Waals surface area contributed by atoms with Crippen LogP contribution in [0.5, 0.6) is 0 Å². The zero-order valence-corrected chi connectivity index (χ0v) is 15.8. The zero-order chi connectivity index (χ0) is 18.7. The minimum Gasteiger partial charge on any atom is -0.239 e. The normalized spacial score (nSPS) is 12.5. The van der Waals surface area contributed by atoms with Crippen molar-refractivity contribution in [3.63, 3.8) is 0 Å². The Morgan fingerprint density at radius 1 is 1.04 bits per heavy atom. The third-order valence-electron chi connectivity index (χ3n) is 3.09. The maximum absolute atomic E-state index is 12.7. The van der Waals surface area contributed by atoms with Gasteiger partial charge in [-0.25, -0.2) is 4.99 Å². The topological polar surface area (TPSA) is 12.4 Å². The van der Waals surface area contributed by atoms with E-state index < -0.39 is 19.8 Å². The van der Waals surface area contributed by atoms with Crippen LogP contribution in [0.4, 0.5) is 18.9 Å². The molecule has 0 bridgehead atoms. The molecule has 6 heteroatoms. The smallest absolute Gasteiger partial charge is 0.239 e. The van der Waals surface area contributed by atoms with Crippen LogP contribution in [-0.2, 0) is 6.18 Å². The molecule has 0 aliphatic carbocycles. The number of aliphatic imine (C=N–C) groups is 1. The fraction of sp³-hybridized carbons (Fsp3) is 0.211. The van der Waals surface area contributed by atoms with Gasteiger partial charge in [0.05, 0.1) is 11.3 Å². The van der Waals surface area contributed by atoms with Crippen LogP contribution in [0.3, 0.4) is 0 Å². The average molecular weight is 380 g/mol. The lowest BCUT2D eigenvalue weighted by Gasteiger charge is -2.08. The number of rotatable bonds is 2. The van der Waals surface area contributed by atoms with Crippen molar-refractivity contribution in [2.24, 2.45) is 4.99 Å². The van der Waals surface area contributed by atoms with Crippen LogP contribution in [0.15, 0.2) is 53.5 Å². The molecule has 0 fully saturated rings. The number of halogens is 4. The first kappa shape index (κ1) is 19.3. The first-order chi connectivity index (χ1) is 11.5. The Morgan fingerprint density at radius 2 is 1.68 bits per heavy atom. The van der Waals surface area contributed by atoms with E-state index >= 15 is 0 Å². The van der Waals surface area contributed by atoms with Crippen molar-refractivity contribution >= 4 is 31.1 Å². The van der Waals surface area contributed by atoms with E-state index in [1.807, 2.05) is 0 Å². The van der Waals surface area contributed by atoms with E-state index in [4.69, 9.17) is 11.6 Å². The molecule has 0 saturated carbocycles. The SMILES string of the molecule is C[Si](C)(C)C#CC(=Nc1cccc(Cl)c1)c1ccc(C(F)(F)F)cc1. The second-order valence-electron chi connectivity index (χ2n) is 6.52. The molecule has 0 atom stereocenters. The van der Waals surface area contributed by atoms with Crippen molar-refractivity contribution in [3.05, 3.63) is 64.7 Å². The quantitative estimate of drug-likeness (QED) is 0.327.